The summed E-state index contributed by atoms with van der Waals surface area (Å²) in [6.45, 7) is 6.05. The lowest BCUT2D eigenvalue weighted by Crippen LogP contribution is -2.00. The third kappa shape index (κ3) is 5.70. The molecule has 7 aromatic carbocycles. The van der Waals surface area contributed by atoms with Crippen LogP contribution in [0, 0.1) is 0 Å². The minimum atomic E-state index is 0.577. The summed E-state index contributed by atoms with van der Waals surface area (Å²) in [5.41, 5.74) is 10.2. The van der Waals surface area contributed by atoms with E-state index in [1.54, 1.807) is 0 Å². The highest BCUT2D eigenvalue weighted by atomic mass is 16.3. The van der Waals surface area contributed by atoms with E-state index >= 15 is 0 Å². The van der Waals surface area contributed by atoms with E-state index in [0.717, 1.165) is 88.2 Å². The smallest absolute Gasteiger partial charge is 0.164 e. The van der Waals surface area contributed by atoms with Crippen LogP contribution in [0.4, 0.5) is 0 Å². The molecule has 0 spiro atoms. The van der Waals surface area contributed by atoms with Crippen LogP contribution in [-0.4, -0.2) is 15.0 Å². The van der Waals surface area contributed by atoms with Gasteiger partial charge in [-0.05, 0) is 82.4 Å². The maximum Gasteiger partial charge on any atom is 0.164 e. The van der Waals surface area contributed by atoms with E-state index in [9.17, 15) is 0 Å². The van der Waals surface area contributed by atoms with Gasteiger partial charge in [-0.3, -0.25) is 0 Å². The third-order valence-electron chi connectivity index (χ3n) is 10.2. The molecule has 0 unspecified atom stereocenters. The van der Waals surface area contributed by atoms with Crippen molar-refractivity contribution in [1.29, 1.82) is 0 Å². The van der Waals surface area contributed by atoms with Crippen molar-refractivity contribution in [1.82, 2.24) is 15.0 Å². The van der Waals surface area contributed by atoms with E-state index in [-0.39, 0.29) is 0 Å². The van der Waals surface area contributed by atoms with Crippen molar-refractivity contribution in [2.45, 2.75) is 6.92 Å². The second-order valence-electron chi connectivity index (χ2n) is 13.6. The van der Waals surface area contributed by atoms with E-state index in [1.807, 2.05) is 67.6 Å². The second kappa shape index (κ2) is 13.2. The number of rotatable bonds is 7. The number of hydrogen-bond donors (Lipinski definition) is 0. The van der Waals surface area contributed by atoms with Gasteiger partial charge in [0.05, 0.1) is 0 Å². The van der Waals surface area contributed by atoms with Crippen LogP contribution in [0.25, 0.3) is 106 Å². The fraction of sp³-hybridized carbons (Fsp3) is 0.0200. The van der Waals surface area contributed by atoms with Gasteiger partial charge in [0.15, 0.2) is 17.5 Å². The quantitative estimate of drug-likeness (QED) is 0.154. The second-order valence-corrected chi connectivity index (χ2v) is 13.6. The summed E-state index contributed by atoms with van der Waals surface area (Å²) in [5.74, 6) is 1.77. The summed E-state index contributed by atoms with van der Waals surface area (Å²) in [4.78, 5) is 15.0. The van der Waals surface area contributed by atoms with Gasteiger partial charge in [-0.2, -0.15) is 0 Å². The van der Waals surface area contributed by atoms with Gasteiger partial charge in [-0.15, -0.1) is 0 Å². The highest BCUT2D eigenvalue weighted by molar-refractivity contribution is 6.15. The molecule has 0 bridgehead atoms. The Kier molecular flexibility index (Phi) is 7.77. The van der Waals surface area contributed by atoms with Crippen LogP contribution >= 0.6 is 0 Å². The topological polar surface area (TPSA) is 65.0 Å². The van der Waals surface area contributed by atoms with Gasteiger partial charge in [-0.1, -0.05) is 134 Å². The number of fused-ring (bicyclic) bond motifs is 7. The number of benzene rings is 7. The van der Waals surface area contributed by atoms with Crippen LogP contribution in [0.2, 0.25) is 0 Å². The lowest BCUT2D eigenvalue weighted by atomic mass is 9.93. The Bertz CT molecular complexity index is 3170. The Morgan fingerprint density at radius 1 is 0.491 bits per heavy atom. The predicted octanol–water partition coefficient (Wildman–Crippen LogP) is 13.6. The molecule has 55 heavy (non-hydrogen) atoms. The first kappa shape index (κ1) is 32.3. The van der Waals surface area contributed by atoms with Crippen molar-refractivity contribution in [2.75, 3.05) is 0 Å². The molecule has 0 saturated heterocycles. The molecule has 260 valence electrons. The normalized spacial score (nSPS) is 12.2. The molecular weight excluding hydrogens is 675 g/mol. The van der Waals surface area contributed by atoms with Gasteiger partial charge >= 0.3 is 0 Å². The van der Waals surface area contributed by atoms with E-state index in [1.165, 1.54) is 5.39 Å². The first-order valence-corrected chi connectivity index (χ1v) is 18.3. The molecule has 0 aliphatic rings. The molecule has 0 aliphatic heterocycles. The van der Waals surface area contributed by atoms with Crippen LogP contribution in [-0.2, 0) is 0 Å². The molecule has 3 heterocycles. The average molecular weight is 708 g/mol. The zero-order chi connectivity index (χ0) is 36.9. The van der Waals surface area contributed by atoms with Crippen molar-refractivity contribution in [3.63, 3.8) is 0 Å². The molecule has 0 fully saturated rings. The first-order valence-electron chi connectivity index (χ1n) is 18.3. The Labute approximate surface area is 317 Å². The average Bonchev–Trinajstić information content (AvgIpc) is 3.80. The van der Waals surface area contributed by atoms with Crippen molar-refractivity contribution >= 4 is 60.2 Å². The Hall–Kier alpha value is -7.37. The number of para-hydroxylation sites is 1. The van der Waals surface area contributed by atoms with Gasteiger partial charge in [-0.25, -0.2) is 15.0 Å². The molecule has 0 saturated carbocycles. The Morgan fingerprint density at radius 2 is 1.07 bits per heavy atom. The van der Waals surface area contributed by atoms with Crippen LogP contribution in [0.5, 0.6) is 0 Å². The minimum Gasteiger partial charge on any atom is -0.456 e. The zero-order valence-corrected chi connectivity index (χ0v) is 30.0. The van der Waals surface area contributed by atoms with Gasteiger partial charge in [0, 0.05) is 38.2 Å². The van der Waals surface area contributed by atoms with Crippen molar-refractivity contribution in [3.8, 4) is 45.3 Å². The van der Waals surface area contributed by atoms with Crippen LogP contribution in [0.1, 0.15) is 12.5 Å². The molecule has 0 radical (unpaired) electrons. The molecule has 5 heteroatoms. The highest BCUT2D eigenvalue weighted by Gasteiger charge is 2.18. The van der Waals surface area contributed by atoms with Crippen molar-refractivity contribution in [2.24, 2.45) is 0 Å². The molecule has 0 N–H and O–H groups in total. The molecule has 0 amide bonds. The van der Waals surface area contributed by atoms with Crippen molar-refractivity contribution < 1.29 is 8.83 Å². The molecule has 5 nitrogen and oxygen atoms in total. The predicted molar refractivity (Wildman–Crippen MR) is 227 cm³/mol. The number of hydrogen-bond acceptors (Lipinski definition) is 5. The molecular formula is C50H33N3O2. The standard InChI is InChI=1S/C50H33N3O2/c1-3-12-32(13-4-2)41-27-38(30-46-47(41)42-26-35-16-8-9-17-36(35)28-45(42)55-46)31-20-22-34(23-21-31)49-51-48(33-14-6-5-7-15-33)52-50(53-49)37-24-25-40-39-18-10-11-19-43(39)54-44(40)29-37/h3-30H,1H2,2H3/b13-4-,32-12+. The molecule has 10 rings (SSSR count). The number of allylic oxidation sites excluding steroid dienone is 5. The summed E-state index contributed by atoms with van der Waals surface area (Å²) in [6, 6.07) is 49.8. The number of nitrogens with zero attached hydrogens (tertiary/aromatic N) is 3. The van der Waals surface area contributed by atoms with Gasteiger partial charge in [0.2, 0.25) is 0 Å². The summed E-state index contributed by atoms with van der Waals surface area (Å²) in [5, 5.41) is 6.64. The molecule has 3 aromatic heterocycles. The fourth-order valence-electron chi connectivity index (χ4n) is 7.55. The van der Waals surface area contributed by atoms with Crippen LogP contribution in [0.15, 0.2) is 185 Å². The summed E-state index contributed by atoms with van der Waals surface area (Å²) < 4.78 is 12.8. The first-order chi connectivity index (χ1) is 27.1. The molecule has 0 atom stereocenters. The Morgan fingerprint density at radius 3 is 1.84 bits per heavy atom. The van der Waals surface area contributed by atoms with Crippen LogP contribution < -0.4 is 0 Å². The van der Waals surface area contributed by atoms with Crippen LogP contribution in [0.3, 0.4) is 0 Å². The minimum absolute atomic E-state index is 0.577. The van der Waals surface area contributed by atoms with E-state index < -0.39 is 0 Å². The lowest BCUT2D eigenvalue weighted by molar-refractivity contribution is 0.669. The summed E-state index contributed by atoms with van der Waals surface area (Å²) in [7, 11) is 0. The fourth-order valence-corrected chi connectivity index (χ4v) is 7.55. The van der Waals surface area contributed by atoms with E-state index in [0.29, 0.717) is 17.5 Å². The molecule has 10 aromatic rings. The largest absolute Gasteiger partial charge is 0.456 e. The van der Waals surface area contributed by atoms with Gasteiger partial charge in [0.25, 0.3) is 0 Å². The number of aromatic nitrogens is 3. The Balaban J connectivity index is 1.10. The summed E-state index contributed by atoms with van der Waals surface area (Å²) in [6.07, 6.45) is 8.07. The lowest BCUT2D eigenvalue weighted by Gasteiger charge is -2.11. The molecule has 0 aliphatic carbocycles. The zero-order valence-electron chi connectivity index (χ0n) is 30.0. The summed E-state index contributed by atoms with van der Waals surface area (Å²) >= 11 is 0. The monoisotopic (exact) mass is 707 g/mol. The third-order valence-corrected chi connectivity index (χ3v) is 10.2. The van der Waals surface area contributed by atoms with Gasteiger partial charge in [0.1, 0.15) is 22.3 Å². The van der Waals surface area contributed by atoms with Gasteiger partial charge < -0.3 is 8.83 Å². The SMILES string of the molecule is C=C/C=C(\C=C/C)c1cc(-c2ccc(-c3nc(-c4ccccc4)nc(-c4ccc5c(c4)oc4ccccc45)n3)cc2)cc2oc3cc4ccccc4cc3c12. The van der Waals surface area contributed by atoms with E-state index in [2.05, 4.69) is 116 Å². The van der Waals surface area contributed by atoms with E-state index in [4.69, 9.17) is 23.8 Å². The van der Waals surface area contributed by atoms with Crippen molar-refractivity contribution in [3.05, 3.63) is 182 Å². The maximum absolute atomic E-state index is 6.61. The highest BCUT2D eigenvalue weighted by Crippen LogP contribution is 2.40. The maximum atomic E-state index is 6.61. The number of furan rings is 2.